The van der Waals surface area contributed by atoms with Gasteiger partial charge in [0.05, 0.1) is 5.56 Å². The maximum Gasteiger partial charge on any atom is 0.338 e. The molecule has 96 valence electrons. The molecule has 0 unspecified atom stereocenters. The van der Waals surface area contributed by atoms with E-state index in [0.29, 0.717) is 5.56 Å². The van der Waals surface area contributed by atoms with Crippen LogP contribution in [0.5, 0.6) is 0 Å². The number of benzene rings is 2. The number of ether oxygens (including phenoxy) is 1. The second-order valence-electron chi connectivity index (χ2n) is 4.21. The van der Waals surface area contributed by atoms with E-state index in [-0.39, 0.29) is 12.6 Å². The van der Waals surface area contributed by atoms with Crippen molar-refractivity contribution in [3.05, 3.63) is 83.9 Å². The summed E-state index contributed by atoms with van der Waals surface area (Å²) in [4.78, 5) is 11.9. The predicted molar refractivity (Wildman–Crippen MR) is 76.2 cm³/mol. The molecule has 0 aromatic heterocycles. The molecule has 0 fully saturated rings. The molecule has 0 N–H and O–H groups in total. The Kier molecular flexibility index (Phi) is 4.51. The summed E-state index contributed by atoms with van der Waals surface area (Å²) in [6.07, 6.45) is 2.29. The van der Waals surface area contributed by atoms with Gasteiger partial charge in [-0.25, -0.2) is 4.79 Å². The first-order valence-electron chi connectivity index (χ1n) is 6.21. The molecule has 0 radical (unpaired) electrons. The average molecular weight is 252 g/mol. The standard InChI is InChI=1S/C17H16O2/c1-2-12-19-17(18)16-11-7-6-10-15(16)13-14-8-4-3-5-9-14/h2-11H,1,12-13H2. The third-order valence-corrected chi connectivity index (χ3v) is 2.81. The highest BCUT2D eigenvalue weighted by molar-refractivity contribution is 5.91. The van der Waals surface area contributed by atoms with Gasteiger partial charge in [-0.2, -0.15) is 0 Å². The van der Waals surface area contributed by atoms with Gasteiger partial charge in [0.25, 0.3) is 0 Å². The van der Waals surface area contributed by atoms with Crippen LogP contribution in [0, 0.1) is 0 Å². The minimum absolute atomic E-state index is 0.235. The fourth-order valence-electron chi connectivity index (χ4n) is 1.90. The zero-order valence-electron chi connectivity index (χ0n) is 10.7. The number of hydrogen-bond acceptors (Lipinski definition) is 2. The third kappa shape index (κ3) is 3.55. The lowest BCUT2D eigenvalue weighted by Gasteiger charge is -2.08. The first-order chi connectivity index (χ1) is 9.31. The van der Waals surface area contributed by atoms with E-state index in [0.717, 1.165) is 12.0 Å². The highest BCUT2D eigenvalue weighted by Gasteiger charge is 2.11. The number of hydrogen-bond donors (Lipinski definition) is 0. The summed E-state index contributed by atoms with van der Waals surface area (Å²) in [5.41, 5.74) is 2.77. The van der Waals surface area contributed by atoms with Crippen molar-refractivity contribution in [2.45, 2.75) is 6.42 Å². The van der Waals surface area contributed by atoms with Crippen molar-refractivity contribution in [2.75, 3.05) is 6.61 Å². The molecule has 0 aliphatic rings. The van der Waals surface area contributed by atoms with E-state index in [9.17, 15) is 4.79 Å². The number of esters is 1. The van der Waals surface area contributed by atoms with E-state index in [2.05, 4.69) is 6.58 Å². The van der Waals surface area contributed by atoms with Crippen molar-refractivity contribution in [1.82, 2.24) is 0 Å². The Balaban J connectivity index is 2.21. The van der Waals surface area contributed by atoms with E-state index >= 15 is 0 Å². The van der Waals surface area contributed by atoms with Crippen molar-refractivity contribution >= 4 is 5.97 Å². The summed E-state index contributed by atoms with van der Waals surface area (Å²) in [6.45, 7) is 3.77. The molecule has 0 aliphatic heterocycles. The second-order valence-corrected chi connectivity index (χ2v) is 4.21. The zero-order valence-corrected chi connectivity index (χ0v) is 10.7. The summed E-state index contributed by atoms with van der Waals surface area (Å²) in [7, 11) is 0. The van der Waals surface area contributed by atoms with E-state index < -0.39 is 0 Å². The monoisotopic (exact) mass is 252 g/mol. The Labute approximate surface area is 113 Å². The van der Waals surface area contributed by atoms with Crippen LogP contribution in [0.2, 0.25) is 0 Å². The predicted octanol–water partition coefficient (Wildman–Crippen LogP) is 3.62. The molecule has 0 saturated carbocycles. The van der Waals surface area contributed by atoms with E-state index in [1.54, 1.807) is 12.1 Å². The number of rotatable bonds is 5. The molecule has 2 nitrogen and oxygen atoms in total. The van der Waals surface area contributed by atoms with Gasteiger partial charge < -0.3 is 4.74 Å². The second kappa shape index (κ2) is 6.55. The molecular weight excluding hydrogens is 236 g/mol. The van der Waals surface area contributed by atoms with Crippen LogP contribution in [0.15, 0.2) is 67.3 Å². The van der Waals surface area contributed by atoms with Crippen LogP contribution in [0.3, 0.4) is 0 Å². The molecule has 2 aromatic rings. The van der Waals surface area contributed by atoms with Crippen LogP contribution >= 0.6 is 0 Å². The van der Waals surface area contributed by atoms with Gasteiger partial charge in [0, 0.05) is 0 Å². The first kappa shape index (κ1) is 13.1. The molecule has 2 rings (SSSR count). The van der Waals surface area contributed by atoms with E-state index in [1.807, 2.05) is 48.5 Å². The molecule has 0 spiro atoms. The van der Waals surface area contributed by atoms with E-state index in [1.165, 1.54) is 5.56 Å². The summed E-state index contributed by atoms with van der Waals surface area (Å²) < 4.78 is 5.10. The molecule has 2 aromatic carbocycles. The lowest BCUT2D eigenvalue weighted by Crippen LogP contribution is -2.08. The fraction of sp³-hybridized carbons (Fsp3) is 0.118. The topological polar surface area (TPSA) is 26.3 Å². The van der Waals surface area contributed by atoms with Crippen molar-refractivity contribution in [3.63, 3.8) is 0 Å². The molecule has 19 heavy (non-hydrogen) atoms. The SMILES string of the molecule is C=CCOC(=O)c1ccccc1Cc1ccccc1. The molecule has 0 heterocycles. The average Bonchev–Trinajstić information content (AvgIpc) is 2.46. The minimum atomic E-state index is -0.300. The zero-order chi connectivity index (χ0) is 13.5. The normalized spacial score (nSPS) is 9.89. The van der Waals surface area contributed by atoms with Crippen molar-refractivity contribution < 1.29 is 9.53 Å². The van der Waals surface area contributed by atoms with Crippen LogP contribution in [0.1, 0.15) is 21.5 Å². The first-order valence-corrected chi connectivity index (χ1v) is 6.21. The molecule has 0 bridgehead atoms. The summed E-state index contributed by atoms with van der Waals surface area (Å²) >= 11 is 0. The lowest BCUT2D eigenvalue weighted by atomic mass is 10.00. The highest BCUT2D eigenvalue weighted by Crippen LogP contribution is 2.15. The largest absolute Gasteiger partial charge is 0.458 e. The Morgan fingerprint density at radius 3 is 2.47 bits per heavy atom. The molecule has 0 atom stereocenters. The number of carbonyl (C=O) groups excluding carboxylic acids is 1. The molecule has 2 heteroatoms. The van der Waals surface area contributed by atoms with E-state index in [4.69, 9.17) is 4.74 Å². The van der Waals surface area contributed by atoms with Gasteiger partial charge in [-0.05, 0) is 23.6 Å². The highest BCUT2D eigenvalue weighted by atomic mass is 16.5. The number of carbonyl (C=O) groups is 1. The summed E-state index contributed by atoms with van der Waals surface area (Å²) in [5, 5.41) is 0. The Hall–Kier alpha value is -2.35. The summed E-state index contributed by atoms with van der Waals surface area (Å²) in [6, 6.07) is 17.6. The van der Waals surface area contributed by atoms with Crippen LogP contribution < -0.4 is 0 Å². The fourth-order valence-corrected chi connectivity index (χ4v) is 1.90. The molecule has 0 amide bonds. The smallest absolute Gasteiger partial charge is 0.338 e. The Morgan fingerprint density at radius 1 is 1.05 bits per heavy atom. The van der Waals surface area contributed by atoms with Gasteiger partial charge in [0.2, 0.25) is 0 Å². The van der Waals surface area contributed by atoms with Crippen LogP contribution in [0.4, 0.5) is 0 Å². The van der Waals surface area contributed by atoms with Gasteiger partial charge in [0.1, 0.15) is 6.61 Å². The van der Waals surface area contributed by atoms with Crippen molar-refractivity contribution in [1.29, 1.82) is 0 Å². The van der Waals surface area contributed by atoms with Crippen molar-refractivity contribution in [3.8, 4) is 0 Å². The van der Waals surface area contributed by atoms with Crippen LogP contribution in [0.25, 0.3) is 0 Å². The van der Waals surface area contributed by atoms with Crippen LogP contribution in [-0.4, -0.2) is 12.6 Å². The van der Waals surface area contributed by atoms with Gasteiger partial charge in [0.15, 0.2) is 0 Å². The lowest BCUT2D eigenvalue weighted by molar-refractivity contribution is 0.0548. The van der Waals surface area contributed by atoms with Gasteiger partial charge in [-0.1, -0.05) is 61.2 Å². The Bertz CT molecular complexity index is 558. The maximum atomic E-state index is 11.9. The quantitative estimate of drug-likeness (QED) is 0.600. The third-order valence-electron chi connectivity index (χ3n) is 2.81. The minimum Gasteiger partial charge on any atom is -0.458 e. The maximum absolute atomic E-state index is 11.9. The molecule has 0 saturated heterocycles. The summed E-state index contributed by atoms with van der Waals surface area (Å²) in [5.74, 6) is -0.300. The van der Waals surface area contributed by atoms with Crippen LogP contribution in [-0.2, 0) is 11.2 Å². The van der Waals surface area contributed by atoms with Crippen molar-refractivity contribution in [2.24, 2.45) is 0 Å². The van der Waals surface area contributed by atoms with Gasteiger partial charge in [-0.15, -0.1) is 0 Å². The Morgan fingerprint density at radius 2 is 1.74 bits per heavy atom. The molecule has 0 aliphatic carbocycles. The molecular formula is C17H16O2. The van der Waals surface area contributed by atoms with Gasteiger partial charge in [-0.3, -0.25) is 0 Å². The van der Waals surface area contributed by atoms with Gasteiger partial charge >= 0.3 is 5.97 Å².